The SMILES string of the molecule is CC(C)CC(CC(C)C)O[SiH2]c1ccco1. The van der Waals surface area contributed by atoms with Crippen molar-refractivity contribution in [1.82, 2.24) is 0 Å². The first-order valence-electron chi connectivity index (χ1n) is 6.22. The van der Waals surface area contributed by atoms with Crippen molar-refractivity contribution in [1.29, 1.82) is 0 Å². The summed E-state index contributed by atoms with van der Waals surface area (Å²) < 4.78 is 11.4. The van der Waals surface area contributed by atoms with Crippen LogP contribution in [0, 0.1) is 11.8 Å². The maximum absolute atomic E-state index is 6.05. The molecule has 0 aliphatic rings. The van der Waals surface area contributed by atoms with Crippen molar-refractivity contribution in [3.63, 3.8) is 0 Å². The molecular formula is C13H24O2Si. The molecule has 0 saturated heterocycles. The summed E-state index contributed by atoms with van der Waals surface area (Å²) in [5, 5.41) is 1.05. The maximum Gasteiger partial charge on any atom is 0.234 e. The Labute approximate surface area is 101 Å². The van der Waals surface area contributed by atoms with Gasteiger partial charge in [0.1, 0.15) is 5.38 Å². The van der Waals surface area contributed by atoms with Crippen molar-refractivity contribution in [2.75, 3.05) is 0 Å². The first-order chi connectivity index (χ1) is 7.58. The van der Waals surface area contributed by atoms with E-state index in [4.69, 9.17) is 8.84 Å². The van der Waals surface area contributed by atoms with Crippen LogP contribution >= 0.6 is 0 Å². The van der Waals surface area contributed by atoms with E-state index in [0.29, 0.717) is 17.9 Å². The monoisotopic (exact) mass is 240 g/mol. The van der Waals surface area contributed by atoms with Gasteiger partial charge in [0.2, 0.25) is 9.76 Å². The summed E-state index contributed by atoms with van der Waals surface area (Å²) in [5.74, 6) is 1.41. The van der Waals surface area contributed by atoms with E-state index in [0.717, 1.165) is 18.2 Å². The minimum atomic E-state index is -0.669. The third kappa shape index (κ3) is 5.52. The van der Waals surface area contributed by atoms with Crippen LogP contribution in [0.1, 0.15) is 40.5 Å². The molecule has 1 aromatic heterocycles. The van der Waals surface area contributed by atoms with Crippen LogP contribution in [0.3, 0.4) is 0 Å². The molecule has 0 amide bonds. The Morgan fingerprint density at radius 1 is 1.19 bits per heavy atom. The maximum atomic E-state index is 6.05. The van der Waals surface area contributed by atoms with Crippen LogP contribution in [0.5, 0.6) is 0 Å². The van der Waals surface area contributed by atoms with Gasteiger partial charge >= 0.3 is 0 Å². The van der Waals surface area contributed by atoms with E-state index in [9.17, 15) is 0 Å². The van der Waals surface area contributed by atoms with Crippen LogP contribution in [0.2, 0.25) is 0 Å². The predicted molar refractivity (Wildman–Crippen MR) is 70.7 cm³/mol. The van der Waals surface area contributed by atoms with Crippen LogP contribution in [0.25, 0.3) is 0 Å². The second-order valence-electron chi connectivity index (χ2n) is 5.27. The molecule has 0 aromatic carbocycles. The van der Waals surface area contributed by atoms with Crippen molar-refractivity contribution in [3.8, 4) is 0 Å². The number of furan rings is 1. The number of rotatable bonds is 7. The third-order valence-electron chi connectivity index (χ3n) is 2.51. The topological polar surface area (TPSA) is 22.4 Å². The smallest absolute Gasteiger partial charge is 0.234 e. The Kier molecular flexibility index (Phi) is 5.84. The predicted octanol–water partition coefficient (Wildman–Crippen LogP) is 2.47. The molecule has 0 radical (unpaired) electrons. The molecule has 0 fully saturated rings. The Hall–Kier alpha value is -0.543. The average molecular weight is 240 g/mol. The largest absolute Gasteiger partial charge is 0.472 e. The summed E-state index contributed by atoms with van der Waals surface area (Å²) in [7, 11) is -0.669. The van der Waals surface area contributed by atoms with Gasteiger partial charge in [-0.05, 0) is 36.8 Å². The average Bonchev–Trinajstić information content (AvgIpc) is 2.64. The van der Waals surface area contributed by atoms with Crippen molar-refractivity contribution < 1.29 is 8.84 Å². The van der Waals surface area contributed by atoms with Crippen LogP contribution < -0.4 is 5.38 Å². The highest BCUT2D eigenvalue weighted by Crippen LogP contribution is 2.16. The summed E-state index contributed by atoms with van der Waals surface area (Å²) in [6, 6.07) is 3.96. The summed E-state index contributed by atoms with van der Waals surface area (Å²) in [5.41, 5.74) is 0. The molecule has 0 aliphatic carbocycles. The highest BCUT2D eigenvalue weighted by atomic mass is 28.2. The van der Waals surface area contributed by atoms with Gasteiger partial charge in [-0.25, -0.2) is 0 Å². The van der Waals surface area contributed by atoms with Crippen molar-refractivity contribution >= 4 is 15.1 Å². The Balaban J connectivity index is 2.37. The third-order valence-corrected chi connectivity index (χ3v) is 3.83. The van der Waals surface area contributed by atoms with Crippen LogP contribution in [0.4, 0.5) is 0 Å². The van der Waals surface area contributed by atoms with Crippen LogP contribution in [0.15, 0.2) is 22.8 Å². The molecule has 0 bridgehead atoms. The van der Waals surface area contributed by atoms with Crippen molar-refractivity contribution in [3.05, 3.63) is 18.4 Å². The van der Waals surface area contributed by atoms with Gasteiger partial charge < -0.3 is 8.84 Å². The van der Waals surface area contributed by atoms with Gasteiger partial charge in [-0.1, -0.05) is 27.7 Å². The second kappa shape index (κ2) is 6.92. The first kappa shape index (κ1) is 13.5. The molecule has 0 aliphatic heterocycles. The fourth-order valence-corrected chi connectivity index (χ4v) is 2.95. The summed E-state index contributed by atoms with van der Waals surface area (Å²) in [4.78, 5) is 0. The normalized spacial score (nSPS) is 12.7. The molecule has 92 valence electrons. The molecule has 1 rings (SSSR count). The fourth-order valence-electron chi connectivity index (χ4n) is 1.88. The standard InChI is InChI=1S/C13H24O2Si/c1-10(2)8-12(9-11(3)4)15-16-13-6-5-7-14-13/h5-7,10-12H,8-9,16H2,1-4H3. The lowest BCUT2D eigenvalue weighted by atomic mass is 9.98. The molecule has 0 spiro atoms. The molecule has 3 heteroatoms. The quantitative estimate of drug-likeness (QED) is 0.683. The minimum absolute atomic E-state index is 0.414. The fraction of sp³-hybridized carbons (Fsp3) is 0.692. The molecular weight excluding hydrogens is 216 g/mol. The Morgan fingerprint density at radius 3 is 2.25 bits per heavy atom. The molecule has 0 atom stereocenters. The molecule has 0 N–H and O–H groups in total. The van der Waals surface area contributed by atoms with E-state index in [1.165, 1.54) is 0 Å². The van der Waals surface area contributed by atoms with E-state index < -0.39 is 9.76 Å². The Bertz CT molecular complexity index is 257. The highest BCUT2D eigenvalue weighted by Gasteiger charge is 2.14. The highest BCUT2D eigenvalue weighted by molar-refractivity contribution is 6.44. The summed E-state index contributed by atoms with van der Waals surface area (Å²) in [6.07, 6.45) is 4.46. The van der Waals surface area contributed by atoms with Crippen LogP contribution in [-0.2, 0) is 4.43 Å². The second-order valence-corrected chi connectivity index (χ2v) is 6.59. The van der Waals surface area contributed by atoms with Gasteiger partial charge in [-0.15, -0.1) is 0 Å². The lowest BCUT2D eigenvalue weighted by molar-refractivity contribution is 0.158. The number of hydrogen-bond donors (Lipinski definition) is 0. The van der Waals surface area contributed by atoms with Gasteiger partial charge in [-0.2, -0.15) is 0 Å². The molecule has 0 unspecified atom stereocenters. The van der Waals surface area contributed by atoms with E-state index in [-0.39, 0.29) is 0 Å². The van der Waals surface area contributed by atoms with Crippen molar-refractivity contribution in [2.45, 2.75) is 46.6 Å². The van der Waals surface area contributed by atoms with Crippen molar-refractivity contribution in [2.24, 2.45) is 11.8 Å². The van der Waals surface area contributed by atoms with Gasteiger partial charge in [-0.3, -0.25) is 0 Å². The van der Waals surface area contributed by atoms with E-state index in [1.807, 2.05) is 12.1 Å². The zero-order valence-electron chi connectivity index (χ0n) is 10.9. The molecule has 2 nitrogen and oxygen atoms in total. The van der Waals surface area contributed by atoms with E-state index in [1.54, 1.807) is 6.26 Å². The van der Waals surface area contributed by atoms with Gasteiger partial charge in [0.15, 0.2) is 0 Å². The molecule has 1 heterocycles. The van der Waals surface area contributed by atoms with E-state index in [2.05, 4.69) is 27.7 Å². The lowest BCUT2D eigenvalue weighted by Crippen LogP contribution is -2.25. The zero-order valence-corrected chi connectivity index (χ0v) is 12.3. The zero-order chi connectivity index (χ0) is 12.0. The molecule has 0 saturated carbocycles. The lowest BCUT2D eigenvalue weighted by Gasteiger charge is -2.21. The minimum Gasteiger partial charge on any atom is -0.472 e. The Morgan fingerprint density at radius 2 is 1.81 bits per heavy atom. The van der Waals surface area contributed by atoms with Gasteiger partial charge in [0.25, 0.3) is 0 Å². The van der Waals surface area contributed by atoms with Crippen LogP contribution in [-0.4, -0.2) is 15.9 Å². The molecule has 1 aromatic rings. The number of hydrogen-bond acceptors (Lipinski definition) is 2. The van der Waals surface area contributed by atoms with Gasteiger partial charge in [0.05, 0.1) is 6.26 Å². The van der Waals surface area contributed by atoms with Gasteiger partial charge in [0, 0.05) is 6.10 Å². The summed E-state index contributed by atoms with van der Waals surface area (Å²) in [6.45, 7) is 9.02. The summed E-state index contributed by atoms with van der Waals surface area (Å²) >= 11 is 0. The molecule has 16 heavy (non-hydrogen) atoms. The first-order valence-corrected chi connectivity index (χ1v) is 7.50. The van der Waals surface area contributed by atoms with E-state index >= 15 is 0 Å².